The maximum Gasteiger partial charge on any atom is 0.199 e. The van der Waals surface area contributed by atoms with Crippen LogP contribution in [0.3, 0.4) is 0 Å². The smallest absolute Gasteiger partial charge is 0.199 e. The van der Waals surface area contributed by atoms with Gasteiger partial charge in [-0.05, 0) is 73.1 Å². The minimum atomic E-state index is 0.384. The standard InChI is InChI=1S/C14H4O2S4/c17-11-5-1-2-6-10-8(14(20)16-12(6)18)4-3-7(9(5)10)13(19)15-11/h1-4H. The fourth-order valence-electron chi connectivity index (χ4n) is 2.56. The predicted molar refractivity (Wildman–Crippen MR) is 92.9 cm³/mol. The fourth-order valence-corrected chi connectivity index (χ4v) is 3.68. The fraction of sp³-hybridized carbons (Fsp3) is 0. The Morgan fingerprint density at radius 1 is 0.500 bits per heavy atom. The van der Waals surface area contributed by atoms with Gasteiger partial charge in [-0.1, -0.05) is 0 Å². The Morgan fingerprint density at radius 3 is 1.00 bits per heavy atom. The van der Waals surface area contributed by atoms with Crippen LogP contribution in [0.25, 0.3) is 10.8 Å². The molecule has 2 heterocycles. The van der Waals surface area contributed by atoms with Gasteiger partial charge in [-0.2, -0.15) is 0 Å². The number of thiocarbonyl (C=S) groups is 4. The van der Waals surface area contributed by atoms with Crippen LogP contribution in [-0.4, -0.2) is 20.2 Å². The number of hydrogen-bond acceptors (Lipinski definition) is 6. The molecule has 0 bridgehead atoms. The first-order chi connectivity index (χ1) is 9.58. The summed E-state index contributed by atoms with van der Waals surface area (Å²) in [5, 5.41) is 3.44. The highest BCUT2D eigenvalue weighted by atomic mass is 32.1. The summed E-state index contributed by atoms with van der Waals surface area (Å²) in [5.74, 6) is 0. The van der Waals surface area contributed by atoms with Gasteiger partial charge in [0.1, 0.15) is 0 Å². The molecule has 0 amide bonds. The molecule has 0 radical (unpaired) electrons. The van der Waals surface area contributed by atoms with E-state index in [4.69, 9.17) is 58.3 Å². The van der Waals surface area contributed by atoms with Crippen molar-refractivity contribution in [3.63, 3.8) is 0 Å². The van der Waals surface area contributed by atoms with Crippen molar-refractivity contribution in [1.29, 1.82) is 0 Å². The van der Waals surface area contributed by atoms with Crippen molar-refractivity contribution in [2.75, 3.05) is 0 Å². The average molecular weight is 332 g/mol. The molecular formula is C14H4O2S4. The van der Waals surface area contributed by atoms with E-state index < -0.39 is 0 Å². The van der Waals surface area contributed by atoms with E-state index in [1.165, 1.54) is 0 Å². The first-order valence-electron chi connectivity index (χ1n) is 5.70. The highest BCUT2D eigenvalue weighted by Crippen LogP contribution is 2.37. The lowest BCUT2D eigenvalue weighted by Gasteiger charge is -2.25. The number of hydrogen-bond donors (Lipinski definition) is 0. The van der Waals surface area contributed by atoms with E-state index in [0.717, 1.165) is 33.0 Å². The molecule has 20 heavy (non-hydrogen) atoms. The molecule has 6 heteroatoms. The van der Waals surface area contributed by atoms with Crippen molar-refractivity contribution < 1.29 is 9.47 Å². The summed E-state index contributed by atoms with van der Waals surface area (Å²) < 4.78 is 10.9. The highest BCUT2D eigenvalue weighted by molar-refractivity contribution is 7.82. The third-order valence-electron chi connectivity index (χ3n) is 3.41. The minimum Gasteiger partial charge on any atom is -0.433 e. The van der Waals surface area contributed by atoms with E-state index in [1.807, 2.05) is 24.3 Å². The van der Waals surface area contributed by atoms with E-state index in [2.05, 4.69) is 0 Å². The molecule has 0 saturated carbocycles. The second-order valence-electron chi connectivity index (χ2n) is 4.43. The molecule has 0 aromatic heterocycles. The third-order valence-corrected chi connectivity index (χ3v) is 4.62. The van der Waals surface area contributed by atoms with E-state index in [0.29, 0.717) is 20.2 Å². The molecule has 0 atom stereocenters. The van der Waals surface area contributed by atoms with Crippen LogP contribution in [0, 0.1) is 0 Å². The van der Waals surface area contributed by atoms with Crippen molar-refractivity contribution in [2.45, 2.75) is 0 Å². The molecule has 0 aliphatic carbocycles. The average Bonchev–Trinajstić information content (AvgIpc) is 2.42. The Balaban J connectivity index is 2.29. The van der Waals surface area contributed by atoms with Crippen molar-refractivity contribution in [2.24, 2.45) is 0 Å². The van der Waals surface area contributed by atoms with E-state index in [9.17, 15) is 0 Å². The molecule has 2 aliphatic rings. The topological polar surface area (TPSA) is 18.5 Å². The molecule has 0 saturated heterocycles. The largest absolute Gasteiger partial charge is 0.433 e. The zero-order chi connectivity index (χ0) is 14.0. The highest BCUT2D eigenvalue weighted by Gasteiger charge is 2.29. The maximum atomic E-state index is 5.45. The zero-order valence-electron chi connectivity index (χ0n) is 9.76. The molecule has 2 aromatic carbocycles. The van der Waals surface area contributed by atoms with Gasteiger partial charge in [-0.3, -0.25) is 0 Å². The molecule has 0 unspecified atom stereocenters. The molecule has 0 spiro atoms. The van der Waals surface area contributed by atoms with Crippen LogP contribution < -0.4 is 0 Å². The van der Waals surface area contributed by atoms with Gasteiger partial charge in [0.05, 0.1) is 0 Å². The van der Waals surface area contributed by atoms with Gasteiger partial charge in [0.15, 0.2) is 20.2 Å². The third kappa shape index (κ3) is 1.47. The van der Waals surface area contributed by atoms with Crippen LogP contribution in [0.5, 0.6) is 0 Å². The van der Waals surface area contributed by atoms with Gasteiger partial charge < -0.3 is 9.47 Å². The van der Waals surface area contributed by atoms with Gasteiger partial charge >= 0.3 is 0 Å². The number of benzene rings is 2. The van der Waals surface area contributed by atoms with Gasteiger partial charge in [0.2, 0.25) is 0 Å². The molecule has 2 nitrogen and oxygen atoms in total. The van der Waals surface area contributed by atoms with E-state index >= 15 is 0 Å². The summed E-state index contributed by atoms with van der Waals surface area (Å²) in [7, 11) is 0. The van der Waals surface area contributed by atoms with Crippen LogP contribution in [0.15, 0.2) is 24.3 Å². The van der Waals surface area contributed by atoms with Gasteiger partial charge in [-0.25, -0.2) is 0 Å². The molecular weight excluding hydrogens is 328 g/mol. The van der Waals surface area contributed by atoms with Gasteiger partial charge in [0.25, 0.3) is 0 Å². The number of rotatable bonds is 0. The van der Waals surface area contributed by atoms with E-state index in [1.54, 1.807) is 0 Å². The molecule has 2 aromatic rings. The van der Waals surface area contributed by atoms with Crippen LogP contribution in [0.1, 0.15) is 22.3 Å². The van der Waals surface area contributed by atoms with Crippen molar-refractivity contribution >= 4 is 79.8 Å². The number of ether oxygens (including phenoxy) is 2. The van der Waals surface area contributed by atoms with Gasteiger partial charge in [0, 0.05) is 33.0 Å². The second-order valence-corrected chi connectivity index (χ2v) is 5.91. The minimum absolute atomic E-state index is 0.384. The molecule has 2 aliphatic heterocycles. The summed E-state index contributed by atoms with van der Waals surface area (Å²) in [6.45, 7) is 0. The second kappa shape index (κ2) is 4.08. The summed E-state index contributed by atoms with van der Waals surface area (Å²) >= 11 is 21.1. The van der Waals surface area contributed by atoms with Crippen LogP contribution in [-0.2, 0) is 9.47 Å². The molecule has 96 valence electrons. The van der Waals surface area contributed by atoms with Crippen LogP contribution >= 0.6 is 48.9 Å². The maximum absolute atomic E-state index is 5.45. The Hall–Kier alpha value is -1.34. The van der Waals surface area contributed by atoms with Crippen molar-refractivity contribution in [1.82, 2.24) is 0 Å². The molecule has 0 N–H and O–H groups in total. The normalized spacial score (nSPS) is 16.2. The monoisotopic (exact) mass is 332 g/mol. The first-order valence-corrected chi connectivity index (χ1v) is 7.34. The summed E-state index contributed by atoms with van der Waals surface area (Å²) in [6.07, 6.45) is 0. The Bertz CT molecular complexity index is 743. The lowest BCUT2D eigenvalue weighted by atomic mass is 9.90. The first kappa shape index (κ1) is 12.4. The SMILES string of the molecule is S=C1OC(=S)c2ccc3c4c(ccc1c24)C(=S)OC3=S. The Morgan fingerprint density at radius 2 is 0.750 bits per heavy atom. The molecule has 4 rings (SSSR count). The summed E-state index contributed by atoms with van der Waals surface area (Å²) in [5.41, 5.74) is 3.38. The van der Waals surface area contributed by atoms with Crippen molar-refractivity contribution in [3.05, 3.63) is 46.5 Å². The Labute approximate surface area is 135 Å². The lowest BCUT2D eigenvalue weighted by molar-refractivity contribution is 0.572. The van der Waals surface area contributed by atoms with Crippen molar-refractivity contribution in [3.8, 4) is 0 Å². The Kier molecular flexibility index (Phi) is 2.53. The van der Waals surface area contributed by atoms with Gasteiger partial charge in [-0.15, -0.1) is 0 Å². The zero-order valence-corrected chi connectivity index (χ0v) is 13.0. The molecule has 0 fully saturated rings. The lowest BCUT2D eigenvalue weighted by Crippen LogP contribution is -2.23. The quantitative estimate of drug-likeness (QED) is 0.681. The summed E-state index contributed by atoms with van der Waals surface area (Å²) in [6, 6.07) is 7.55. The van der Waals surface area contributed by atoms with Crippen LogP contribution in [0.2, 0.25) is 0 Å². The predicted octanol–water partition coefficient (Wildman–Crippen LogP) is 3.60. The van der Waals surface area contributed by atoms with Crippen LogP contribution in [0.4, 0.5) is 0 Å². The summed E-state index contributed by atoms with van der Waals surface area (Å²) in [4.78, 5) is 0. The van der Waals surface area contributed by atoms with E-state index in [-0.39, 0.29) is 0 Å².